The molecule has 2 rings (SSSR count). The van der Waals surface area contributed by atoms with Crippen LogP contribution in [0.4, 0.5) is 0 Å². The minimum Gasteiger partial charge on any atom is -0.0964 e. The van der Waals surface area contributed by atoms with Crippen molar-refractivity contribution in [3.63, 3.8) is 0 Å². The highest BCUT2D eigenvalue weighted by atomic mass is 14.0. The van der Waals surface area contributed by atoms with Gasteiger partial charge in [0, 0.05) is 0 Å². The van der Waals surface area contributed by atoms with Crippen LogP contribution in [-0.2, 0) is 12.8 Å². The Labute approximate surface area is 118 Å². The maximum atomic E-state index is 5.77. The Morgan fingerprint density at radius 1 is 0.632 bits per heavy atom. The van der Waals surface area contributed by atoms with Crippen molar-refractivity contribution >= 4 is 13.3 Å². The predicted octanol–water partition coefficient (Wildman–Crippen LogP) is 3.83. The van der Waals surface area contributed by atoms with E-state index in [1.54, 1.807) is 0 Å². The lowest BCUT2D eigenvalue weighted by atomic mass is 9.93. The molecule has 0 spiro atoms. The van der Waals surface area contributed by atoms with Gasteiger partial charge in [0.15, 0.2) is 0 Å². The molecule has 0 amide bonds. The topological polar surface area (TPSA) is 0 Å². The van der Waals surface area contributed by atoms with Crippen molar-refractivity contribution in [3.8, 4) is 0 Å². The van der Waals surface area contributed by atoms with Crippen molar-refractivity contribution in [2.24, 2.45) is 0 Å². The lowest BCUT2D eigenvalue weighted by Crippen LogP contribution is -2.02. The van der Waals surface area contributed by atoms with Gasteiger partial charge in [0.05, 0.1) is 0 Å². The summed E-state index contributed by atoms with van der Waals surface area (Å²) in [5.41, 5.74) is 3.70. The molecule has 0 fully saturated rings. The molecule has 0 N–H and O–H groups in total. The summed E-state index contributed by atoms with van der Waals surface area (Å²) in [5.74, 6) is 0. The fourth-order valence-electron chi connectivity index (χ4n) is 2.41. The monoisotopic (exact) mass is 248 g/mol. The van der Waals surface area contributed by atoms with Gasteiger partial charge in [-0.2, -0.15) is 0 Å². The summed E-state index contributed by atoms with van der Waals surface area (Å²) in [7, 11) is 5.77. The van der Waals surface area contributed by atoms with E-state index in [0.29, 0.717) is 0 Å². The van der Waals surface area contributed by atoms with Gasteiger partial charge in [0.25, 0.3) is 0 Å². The first-order chi connectivity index (χ1) is 9.34. The van der Waals surface area contributed by atoms with E-state index in [1.807, 2.05) is 12.1 Å². The van der Waals surface area contributed by atoms with Crippen molar-refractivity contribution in [3.05, 3.63) is 65.7 Å². The molecule has 0 heterocycles. The molecule has 19 heavy (non-hydrogen) atoms. The van der Waals surface area contributed by atoms with Crippen LogP contribution in [-0.4, -0.2) is 7.85 Å². The lowest BCUT2D eigenvalue weighted by molar-refractivity contribution is 0.640. The van der Waals surface area contributed by atoms with E-state index in [1.165, 1.54) is 43.2 Å². The molecule has 0 aromatic heterocycles. The standard InChI is InChI=1S/C18H21B/c19-18-14-8-13-17(15-18)12-5-2-1-4-9-16-10-6-3-7-11-16/h3,6-8,10-11,13-15H,1-2,4-5,9,12H2. The Kier molecular flexibility index (Phi) is 5.74. The zero-order valence-electron chi connectivity index (χ0n) is 11.5. The summed E-state index contributed by atoms with van der Waals surface area (Å²) in [6.07, 6.45) is 7.54. The van der Waals surface area contributed by atoms with Gasteiger partial charge in [-0.25, -0.2) is 0 Å². The molecular weight excluding hydrogens is 227 g/mol. The molecule has 0 atom stereocenters. The fourth-order valence-corrected chi connectivity index (χ4v) is 2.41. The Bertz CT molecular complexity index is 476. The second-order valence-electron chi connectivity index (χ2n) is 5.14. The maximum absolute atomic E-state index is 5.77. The van der Waals surface area contributed by atoms with E-state index in [-0.39, 0.29) is 0 Å². The van der Waals surface area contributed by atoms with Crippen molar-refractivity contribution in [2.45, 2.75) is 38.5 Å². The summed E-state index contributed by atoms with van der Waals surface area (Å²) in [5, 5.41) is 0. The Balaban J connectivity index is 1.58. The number of hydrogen-bond donors (Lipinski definition) is 0. The molecule has 2 aromatic rings. The molecule has 0 nitrogen and oxygen atoms in total. The molecule has 2 radical (unpaired) electrons. The molecule has 0 saturated carbocycles. The molecule has 0 aliphatic rings. The average molecular weight is 248 g/mol. The minimum absolute atomic E-state index is 0.876. The minimum atomic E-state index is 0.876. The third-order valence-corrected chi connectivity index (χ3v) is 3.47. The van der Waals surface area contributed by atoms with Gasteiger partial charge in [0.1, 0.15) is 7.85 Å². The molecule has 2 aromatic carbocycles. The molecule has 0 aliphatic heterocycles. The first-order valence-electron chi connectivity index (χ1n) is 7.23. The lowest BCUT2D eigenvalue weighted by Gasteiger charge is -2.04. The first kappa shape index (κ1) is 13.9. The van der Waals surface area contributed by atoms with Crippen molar-refractivity contribution in [1.29, 1.82) is 0 Å². The van der Waals surface area contributed by atoms with Crippen LogP contribution in [0.2, 0.25) is 0 Å². The van der Waals surface area contributed by atoms with Crippen LogP contribution in [0.3, 0.4) is 0 Å². The van der Waals surface area contributed by atoms with Gasteiger partial charge in [0.2, 0.25) is 0 Å². The smallest absolute Gasteiger partial charge is 0.0964 e. The third kappa shape index (κ3) is 5.34. The van der Waals surface area contributed by atoms with E-state index in [2.05, 4.69) is 42.5 Å². The predicted molar refractivity (Wildman–Crippen MR) is 84.1 cm³/mol. The second kappa shape index (κ2) is 7.83. The van der Waals surface area contributed by atoms with E-state index >= 15 is 0 Å². The van der Waals surface area contributed by atoms with Crippen LogP contribution in [0, 0.1) is 0 Å². The number of benzene rings is 2. The Hall–Kier alpha value is -1.50. The van der Waals surface area contributed by atoms with E-state index in [4.69, 9.17) is 7.85 Å². The molecule has 0 unspecified atom stereocenters. The number of hydrogen-bond acceptors (Lipinski definition) is 0. The van der Waals surface area contributed by atoms with Gasteiger partial charge in [-0.15, -0.1) is 0 Å². The normalized spacial score (nSPS) is 10.5. The molecule has 0 bridgehead atoms. The molecule has 0 saturated heterocycles. The quantitative estimate of drug-likeness (QED) is 0.516. The summed E-state index contributed by atoms with van der Waals surface area (Å²) >= 11 is 0. The van der Waals surface area contributed by atoms with Crippen LogP contribution in [0.1, 0.15) is 36.8 Å². The summed E-state index contributed by atoms with van der Waals surface area (Å²) in [6.45, 7) is 0. The van der Waals surface area contributed by atoms with Crippen LogP contribution < -0.4 is 5.46 Å². The van der Waals surface area contributed by atoms with Gasteiger partial charge < -0.3 is 0 Å². The highest BCUT2D eigenvalue weighted by molar-refractivity contribution is 6.32. The Morgan fingerprint density at radius 2 is 1.26 bits per heavy atom. The van der Waals surface area contributed by atoms with Crippen LogP contribution >= 0.6 is 0 Å². The molecule has 1 heteroatoms. The fraction of sp³-hybridized carbons (Fsp3) is 0.333. The summed E-state index contributed by atoms with van der Waals surface area (Å²) in [6, 6.07) is 19.0. The van der Waals surface area contributed by atoms with Crippen molar-refractivity contribution < 1.29 is 0 Å². The highest BCUT2D eigenvalue weighted by Crippen LogP contribution is 2.10. The van der Waals surface area contributed by atoms with Gasteiger partial charge in [-0.05, 0) is 36.8 Å². The maximum Gasteiger partial charge on any atom is 0.113 e. The SMILES string of the molecule is [B]c1cccc(CCCCCCc2ccccc2)c1. The molecule has 96 valence electrons. The Morgan fingerprint density at radius 3 is 1.95 bits per heavy atom. The average Bonchev–Trinajstić information content (AvgIpc) is 2.44. The number of rotatable bonds is 7. The molecule has 0 aliphatic carbocycles. The third-order valence-electron chi connectivity index (χ3n) is 3.47. The van der Waals surface area contributed by atoms with E-state index in [0.717, 1.165) is 11.9 Å². The largest absolute Gasteiger partial charge is 0.113 e. The van der Waals surface area contributed by atoms with Crippen LogP contribution in [0.5, 0.6) is 0 Å². The number of aryl methyl sites for hydroxylation is 2. The van der Waals surface area contributed by atoms with Gasteiger partial charge in [-0.3, -0.25) is 0 Å². The highest BCUT2D eigenvalue weighted by Gasteiger charge is 1.95. The van der Waals surface area contributed by atoms with E-state index < -0.39 is 0 Å². The van der Waals surface area contributed by atoms with Crippen LogP contribution in [0.25, 0.3) is 0 Å². The molecular formula is C18H21B. The van der Waals surface area contributed by atoms with Crippen molar-refractivity contribution in [1.82, 2.24) is 0 Å². The van der Waals surface area contributed by atoms with Gasteiger partial charge in [-0.1, -0.05) is 72.9 Å². The van der Waals surface area contributed by atoms with E-state index in [9.17, 15) is 0 Å². The second-order valence-corrected chi connectivity index (χ2v) is 5.14. The zero-order valence-corrected chi connectivity index (χ0v) is 11.5. The zero-order chi connectivity index (χ0) is 13.3. The first-order valence-corrected chi connectivity index (χ1v) is 7.23. The van der Waals surface area contributed by atoms with Crippen molar-refractivity contribution in [2.75, 3.05) is 0 Å². The number of unbranched alkanes of at least 4 members (excludes halogenated alkanes) is 3. The summed E-state index contributed by atoms with van der Waals surface area (Å²) < 4.78 is 0. The summed E-state index contributed by atoms with van der Waals surface area (Å²) in [4.78, 5) is 0. The van der Waals surface area contributed by atoms with Gasteiger partial charge >= 0.3 is 0 Å². The van der Waals surface area contributed by atoms with Crippen LogP contribution in [0.15, 0.2) is 54.6 Å².